The summed E-state index contributed by atoms with van der Waals surface area (Å²) in [6, 6.07) is 8.99. The number of anilines is 1. The number of carbonyl (C=O) groups is 1. The van der Waals surface area contributed by atoms with Crippen LogP contribution in [-0.4, -0.2) is 17.5 Å². The Bertz CT molecular complexity index is 612. The van der Waals surface area contributed by atoms with Gasteiger partial charge in [-0.3, -0.25) is 4.79 Å². The van der Waals surface area contributed by atoms with E-state index < -0.39 is 0 Å². The van der Waals surface area contributed by atoms with Gasteiger partial charge in [-0.25, -0.2) is 4.98 Å². The van der Waals surface area contributed by atoms with Crippen LogP contribution in [0.15, 0.2) is 41.0 Å². The molecule has 1 aromatic carbocycles. The third-order valence-corrected chi connectivity index (χ3v) is 3.16. The van der Waals surface area contributed by atoms with Crippen molar-refractivity contribution in [3.05, 3.63) is 52.3 Å². The highest BCUT2D eigenvalue weighted by molar-refractivity contribution is 9.10. The van der Waals surface area contributed by atoms with Crippen molar-refractivity contribution >= 4 is 27.5 Å². The van der Waals surface area contributed by atoms with Gasteiger partial charge in [0.05, 0.1) is 6.61 Å². The Morgan fingerprint density at radius 1 is 1.35 bits per heavy atom. The van der Waals surface area contributed by atoms with Crippen molar-refractivity contribution in [1.82, 2.24) is 4.98 Å². The number of aromatic nitrogens is 1. The molecule has 0 saturated carbocycles. The Morgan fingerprint density at radius 3 is 2.75 bits per heavy atom. The molecule has 1 aromatic heterocycles. The zero-order valence-corrected chi connectivity index (χ0v) is 12.9. The van der Waals surface area contributed by atoms with E-state index in [1.54, 1.807) is 18.3 Å². The fourth-order valence-corrected chi connectivity index (χ4v) is 1.98. The lowest BCUT2D eigenvalue weighted by Gasteiger charge is -2.10. The number of pyridine rings is 1. The zero-order chi connectivity index (χ0) is 14.5. The maximum atomic E-state index is 12.0. The molecule has 0 unspecified atom stereocenters. The summed E-state index contributed by atoms with van der Waals surface area (Å²) in [5, 5.41) is 2.82. The first-order chi connectivity index (χ1) is 9.60. The van der Waals surface area contributed by atoms with E-state index in [4.69, 9.17) is 4.74 Å². The van der Waals surface area contributed by atoms with Crippen LogP contribution in [0.25, 0.3) is 0 Å². The van der Waals surface area contributed by atoms with Gasteiger partial charge >= 0.3 is 0 Å². The summed E-state index contributed by atoms with van der Waals surface area (Å²) in [6.45, 7) is 4.50. The molecule has 4 nitrogen and oxygen atoms in total. The van der Waals surface area contributed by atoms with Crippen LogP contribution in [0.3, 0.4) is 0 Å². The molecule has 0 bridgehead atoms. The molecule has 0 aliphatic carbocycles. The van der Waals surface area contributed by atoms with E-state index in [-0.39, 0.29) is 5.91 Å². The maximum Gasteiger partial charge on any atom is 0.274 e. The zero-order valence-electron chi connectivity index (χ0n) is 11.3. The van der Waals surface area contributed by atoms with E-state index in [2.05, 4.69) is 26.2 Å². The van der Waals surface area contributed by atoms with Crippen LogP contribution in [0, 0.1) is 6.92 Å². The Hall–Kier alpha value is -1.88. The molecule has 104 valence electrons. The SMILES string of the molecule is CCOc1ccc(NC(=O)c2ccc(Br)cn2)cc1C. The first-order valence-electron chi connectivity index (χ1n) is 6.26. The highest BCUT2D eigenvalue weighted by atomic mass is 79.9. The lowest BCUT2D eigenvalue weighted by atomic mass is 10.2. The third kappa shape index (κ3) is 3.57. The lowest BCUT2D eigenvalue weighted by Crippen LogP contribution is -2.13. The number of halogens is 1. The minimum atomic E-state index is -0.235. The third-order valence-electron chi connectivity index (χ3n) is 2.69. The molecule has 5 heteroatoms. The molecule has 2 aromatic rings. The highest BCUT2D eigenvalue weighted by Gasteiger charge is 2.08. The normalized spacial score (nSPS) is 10.2. The molecule has 0 spiro atoms. The van der Waals surface area contributed by atoms with Crippen molar-refractivity contribution in [3.8, 4) is 5.75 Å². The van der Waals surface area contributed by atoms with Gasteiger partial charge < -0.3 is 10.1 Å². The Balaban J connectivity index is 2.11. The van der Waals surface area contributed by atoms with Gasteiger partial charge in [0, 0.05) is 16.4 Å². The number of rotatable bonds is 4. The van der Waals surface area contributed by atoms with Crippen LogP contribution in [0.4, 0.5) is 5.69 Å². The molecule has 0 aliphatic rings. The van der Waals surface area contributed by atoms with E-state index in [0.717, 1.165) is 21.5 Å². The van der Waals surface area contributed by atoms with E-state index in [1.165, 1.54) is 0 Å². The quantitative estimate of drug-likeness (QED) is 0.925. The minimum Gasteiger partial charge on any atom is -0.494 e. The molecule has 0 aliphatic heterocycles. The predicted molar refractivity (Wildman–Crippen MR) is 82.2 cm³/mol. The largest absolute Gasteiger partial charge is 0.494 e. The average molecular weight is 335 g/mol. The fourth-order valence-electron chi connectivity index (χ4n) is 1.75. The summed E-state index contributed by atoms with van der Waals surface area (Å²) in [7, 11) is 0. The molecule has 0 saturated heterocycles. The summed E-state index contributed by atoms with van der Waals surface area (Å²) >= 11 is 3.29. The number of ether oxygens (including phenoxy) is 1. The minimum absolute atomic E-state index is 0.235. The molecule has 20 heavy (non-hydrogen) atoms. The second-order valence-electron chi connectivity index (χ2n) is 4.23. The topological polar surface area (TPSA) is 51.2 Å². The summed E-state index contributed by atoms with van der Waals surface area (Å²) in [5.74, 6) is 0.591. The molecular weight excluding hydrogens is 320 g/mol. The van der Waals surface area contributed by atoms with Gasteiger partial charge in [0.1, 0.15) is 11.4 Å². The molecule has 1 amide bonds. The van der Waals surface area contributed by atoms with Gasteiger partial charge in [-0.1, -0.05) is 0 Å². The van der Waals surface area contributed by atoms with Gasteiger partial charge in [-0.15, -0.1) is 0 Å². The van der Waals surface area contributed by atoms with E-state index >= 15 is 0 Å². The van der Waals surface area contributed by atoms with Gasteiger partial charge in [-0.05, 0) is 65.7 Å². The summed E-state index contributed by atoms with van der Waals surface area (Å²) < 4.78 is 6.30. The summed E-state index contributed by atoms with van der Waals surface area (Å²) in [5.41, 5.74) is 2.08. The summed E-state index contributed by atoms with van der Waals surface area (Å²) in [4.78, 5) is 16.1. The second kappa shape index (κ2) is 6.52. The second-order valence-corrected chi connectivity index (χ2v) is 5.14. The molecule has 0 radical (unpaired) electrons. The molecule has 1 heterocycles. The average Bonchev–Trinajstić information content (AvgIpc) is 2.42. The predicted octanol–water partition coefficient (Wildman–Crippen LogP) is 3.80. The van der Waals surface area contributed by atoms with Crippen molar-refractivity contribution < 1.29 is 9.53 Å². The van der Waals surface area contributed by atoms with Crippen molar-refractivity contribution in [2.24, 2.45) is 0 Å². The Morgan fingerprint density at radius 2 is 2.15 bits per heavy atom. The number of hydrogen-bond acceptors (Lipinski definition) is 3. The number of aryl methyl sites for hydroxylation is 1. The van der Waals surface area contributed by atoms with E-state index in [0.29, 0.717) is 12.3 Å². The van der Waals surface area contributed by atoms with Crippen molar-refractivity contribution in [1.29, 1.82) is 0 Å². The molecule has 2 rings (SSSR count). The van der Waals surface area contributed by atoms with Gasteiger partial charge in [0.15, 0.2) is 0 Å². The van der Waals surface area contributed by atoms with Gasteiger partial charge in [0.25, 0.3) is 5.91 Å². The van der Waals surface area contributed by atoms with E-state index in [1.807, 2.05) is 32.0 Å². The summed E-state index contributed by atoms with van der Waals surface area (Å²) in [6.07, 6.45) is 1.60. The van der Waals surface area contributed by atoms with Gasteiger partial charge in [-0.2, -0.15) is 0 Å². The Kier molecular flexibility index (Phi) is 4.74. The monoisotopic (exact) mass is 334 g/mol. The smallest absolute Gasteiger partial charge is 0.274 e. The molecule has 1 N–H and O–H groups in total. The standard InChI is InChI=1S/C15H15BrN2O2/c1-3-20-14-7-5-12(8-10(14)2)18-15(19)13-6-4-11(16)9-17-13/h4-9H,3H2,1-2H3,(H,18,19). The van der Waals surface area contributed by atoms with Crippen molar-refractivity contribution in [3.63, 3.8) is 0 Å². The molecular formula is C15H15BrN2O2. The van der Waals surface area contributed by atoms with Crippen molar-refractivity contribution in [2.75, 3.05) is 11.9 Å². The number of carbonyl (C=O) groups excluding carboxylic acids is 1. The number of nitrogens with zero attached hydrogens (tertiary/aromatic N) is 1. The van der Waals surface area contributed by atoms with Crippen LogP contribution in [-0.2, 0) is 0 Å². The number of amides is 1. The Labute approximate surface area is 126 Å². The van der Waals surface area contributed by atoms with Crippen LogP contribution in [0.1, 0.15) is 23.0 Å². The van der Waals surface area contributed by atoms with Crippen molar-refractivity contribution in [2.45, 2.75) is 13.8 Å². The van der Waals surface area contributed by atoms with Crippen LogP contribution in [0.2, 0.25) is 0 Å². The van der Waals surface area contributed by atoms with Crippen LogP contribution >= 0.6 is 15.9 Å². The number of hydrogen-bond donors (Lipinski definition) is 1. The maximum absolute atomic E-state index is 12.0. The molecule has 0 atom stereocenters. The van der Waals surface area contributed by atoms with Crippen LogP contribution < -0.4 is 10.1 Å². The first kappa shape index (κ1) is 14.5. The van der Waals surface area contributed by atoms with E-state index in [9.17, 15) is 4.79 Å². The van der Waals surface area contributed by atoms with Crippen LogP contribution in [0.5, 0.6) is 5.75 Å². The fraction of sp³-hybridized carbons (Fsp3) is 0.200. The first-order valence-corrected chi connectivity index (χ1v) is 7.06. The number of benzene rings is 1. The highest BCUT2D eigenvalue weighted by Crippen LogP contribution is 2.22. The lowest BCUT2D eigenvalue weighted by molar-refractivity contribution is 0.102. The number of nitrogens with one attached hydrogen (secondary N) is 1. The van der Waals surface area contributed by atoms with Gasteiger partial charge in [0.2, 0.25) is 0 Å². The molecule has 0 fully saturated rings.